The van der Waals surface area contributed by atoms with E-state index >= 15 is 0 Å². The molecular weight excluding hydrogens is 328 g/mol. The summed E-state index contributed by atoms with van der Waals surface area (Å²) in [5, 5.41) is 5.09. The lowest BCUT2D eigenvalue weighted by molar-refractivity contribution is -0.125. The Morgan fingerprint density at radius 3 is 2.88 bits per heavy atom. The van der Waals surface area contributed by atoms with Gasteiger partial charge >= 0.3 is 0 Å². The quantitative estimate of drug-likeness (QED) is 0.741. The highest BCUT2D eigenvalue weighted by Crippen LogP contribution is 2.35. The molecular formula is C17H20N2O4S. The number of aromatic nitrogens is 1. The number of nitrogens with one attached hydrogen (secondary N) is 1. The molecule has 0 aliphatic carbocycles. The maximum absolute atomic E-state index is 12.0. The lowest BCUT2D eigenvalue weighted by Crippen LogP contribution is -2.27. The first-order chi connectivity index (χ1) is 11.6. The molecule has 2 rings (SSSR count). The number of rotatable bonds is 8. The number of carbonyl (C=O) groups is 1. The van der Waals surface area contributed by atoms with Gasteiger partial charge in [-0.25, -0.2) is 4.98 Å². The average Bonchev–Trinajstić information content (AvgIpc) is 3.07. The van der Waals surface area contributed by atoms with Gasteiger partial charge in [0.05, 0.1) is 26.5 Å². The molecule has 0 aliphatic heterocycles. The van der Waals surface area contributed by atoms with Gasteiger partial charge in [0.1, 0.15) is 17.6 Å². The number of anilines is 1. The summed E-state index contributed by atoms with van der Waals surface area (Å²) in [6.07, 6.45) is 1.02. The molecule has 7 heteroatoms. The summed E-state index contributed by atoms with van der Waals surface area (Å²) < 4.78 is 15.9. The number of amides is 1. The van der Waals surface area contributed by atoms with Crippen LogP contribution in [-0.2, 0) is 9.53 Å². The van der Waals surface area contributed by atoms with E-state index in [4.69, 9.17) is 14.2 Å². The smallest absolute Gasteiger partial charge is 0.255 e. The Morgan fingerprint density at radius 1 is 1.42 bits per heavy atom. The molecule has 128 valence electrons. The summed E-state index contributed by atoms with van der Waals surface area (Å²) in [6.45, 7) is 5.55. The molecule has 0 unspecified atom stereocenters. The summed E-state index contributed by atoms with van der Waals surface area (Å²) in [5.74, 6) is 1.13. The van der Waals surface area contributed by atoms with Crippen LogP contribution in [0.4, 0.5) is 5.13 Å². The fourth-order valence-corrected chi connectivity index (χ4v) is 2.68. The zero-order valence-corrected chi connectivity index (χ0v) is 14.7. The Kier molecular flexibility index (Phi) is 6.34. The van der Waals surface area contributed by atoms with Crippen molar-refractivity contribution in [2.75, 3.05) is 26.1 Å². The Labute approximate surface area is 145 Å². The van der Waals surface area contributed by atoms with Crippen LogP contribution in [0.15, 0.2) is 36.2 Å². The molecule has 2 aromatic rings. The van der Waals surface area contributed by atoms with Crippen molar-refractivity contribution in [1.82, 2.24) is 4.98 Å². The second-order valence-electron chi connectivity index (χ2n) is 4.86. The summed E-state index contributed by atoms with van der Waals surface area (Å²) in [4.78, 5) is 16.5. The first-order valence-corrected chi connectivity index (χ1v) is 8.18. The number of carbonyl (C=O) groups excluding carboxylic acids is 1. The van der Waals surface area contributed by atoms with Crippen LogP contribution in [-0.4, -0.2) is 37.8 Å². The molecule has 6 nitrogen and oxygen atoms in total. The minimum atomic E-state index is -0.582. The standard InChI is InChI=1S/C17H20N2O4S/c1-5-8-23-11(2)16(20)19-17-18-14(10-24-17)13-9-12(21-3)6-7-15(13)22-4/h5-7,9-11H,1,8H2,2-4H3,(H,18,19,20)/t11-/m1/s1. The van der Waals surface area contributed by atoms with Crippen molar-refractivity contribution in [3.05, 3.63) is 36.2 Å². The first-order valence-electron chi connectivity index (χ1n) is 7.30. The largest absolute Gasteiger partial charge is 0.497 e. The van der Waals surface area contributed by atoms with E-state index in [9.17, 15) is 4.79 Å². The average molecular weight is 348 g/mol. The first kappa shape index (κ1) is 18.0. The SMILES string of the molecule is C=CCO[C@H](C)C(=O)Nc1nc(-c2cc(OC)ccc2OC)cs1. The maximum Gasteiger partial charge on any atom is 0.255 e. The highest BCUT2D eigenvalue weighted by Gasteiger charge is 2.16. The van der Waals surface area contributed by atoms with Gasteiger partial charge in [0.15, 0.2) is 5.13 Å². The molecule has 0 bridgehead atoms. The van der Waals surface area contributed by atoms with E-state index in [-0.39, 0.29) is 5.91 Å². The van der Waals surface area contributed by atoms with Crippen molar-refractivity contribution in [3.8, 4) is 22.8 Å². The van der Waals surface area contributed by atoms with E-state index in [1.165, 1.54) is 11.3 Å². The van der Waals surface area contributed by atoms with Crippen LogP contribution in [0.1, 0.15) is 6.92 Å². The molecule has 1 N–H and O–H groups in total. The number of hydrogen-bond donors (Lipinski definition) is 1. The molecule has 0 aliphatic rings. The van der Waals surface area contributed by atoms with Gasteiger partial charge in [-0.1, -0.05) is 6.08 Å². The van der Waals surface area contributed by atoms with Crippen LogP contribution in [0.5, 0.6) is 11.5 Å². The van der Waals surface area contributed by atoms with Gasteiger partial charge in [-0.05, 0) is 25.1 Å². The third-order valence-corrected chi connectivity index (χ3v) is 4.01. The van der Waals surface area contributed by atoms with Crippen LogP contribution in [0, 0.1) is 0 Å². The van der Waals surface area contributed by atoms with Crippen molar-refractivity contribution >= 4 is 22.4 Å². The van der Waals surface area contributed by atoms with Crippen LogP contribution in [0.25, 0.3) is 11.3 Å². The topological polar surface area (TPSA) is 69.7 Å². The maximum atomic E-state index is 12.0. The number of benzene rings is 1. The normalized spacial score (nSPS) is 11.6. The summed E-state index contributed by atoms with van der Waals surface area (Å²) in [6, 6.07) is 5.47. The van der Waals surface area contributed by atoms with Gasteiger partial charge in [-0.3, -0.25) is 10.1 Å². The lowest BCUT2D eigenvalue weighted by Gasteiger charge is -2.10. The number of thiazole rings is 1. The van der Waals surface area contributed by atoms with Gasteiger partial charge in [0.25, 0.3) is 5.91 Å². The fraction of sp³-hybridized carbons (Fsp3) is 0.294. The Balaban J connectivity index is 2.16. The summed E-state index contributed by atoms with van der Waals surface area (Å²) in [5.41, 5.74) is 1.50. The van der Waals surface area contributed by atoms with E-state index in [2.05, 4.69) is 16.9 Å². The molecule has 0 saturated carbocycles. The molecule has 1 amide bonds. The number of methoxy groups -OCH3 is 2. The van der Waals surface area contributed by atoms with Gasteiger partial charge in [0.2, 0.25) is 0 Å². The zero-order valence-electron chi connectivity index (χ0n) is 13.9. The van der Waals surface area contributed by atoms with Crippen molar-refractivity contribution in [2.24, 2.45) is 0 Å². The molecule has 24 heavy (non-hydrogen) atoms. The van der Waals surface area contributed by atoms with Crippen LogP contribution in [0.2, 0.25) is 0 Å². The predicted molar refractivity (Wildman–Crippen MR) is 94.9 cm³/mol. The van der Waals surface area contributed by atoms with E-state index in [0.717, 1.165) is 5.56 Å². The highest BCUT2D eigenvalue weighted by atomic mass is 32.1. The molecule has 1 aromatic heterocycles. The van der Waals surface area contributed by atoms with Gasteiger partial charge < -0.3 is 14.2 Å². The fourth-order valence-electron chi connectivity index (χ4n) is 1.96. The highest BCUT2D eigenvalue weighted by molar-refractivity contribution is 7.14. The molecule has 0 radical (unpaired) electrons. The van der Waals surface area contributed by atoms with E-state index in [1.807, 2.05) is 23.6 Å². The van der Waals surface area contributed by atoms with E-state index in [0.29, 0.717) is 28.9 Å². The third kappa shape index (κ3) is 4.33. The Bertz CT molecular complexity index is 714. The molecule has 0 saturated heterocycles. The minimum absolute atomic E-state index is 0.254. The van der Waals surface area contributed by atoms with Crippen LogP contribution < -0.4 is 14.8 Å². The van der Waals surface area contributed by atoms with Crippen molar-refractivity contribution in [1.29, 1.82) is 0 Å². The lowest BCUT2D eigenvalue weighted by atomic mass is 10.1. The van der Waals surface area contributed by atoms with Crippen molar-refractivity contribution in [2.45, 2.75) is 13.0 Å². The number of ether oxygens (including phenoxy) is 3. The monoisotopic (exact) mass is 348 g/mol. The predicted octanol–water partition coefficient (Wildman–Crippen LogP) is 3.36. The van der Waals surface area contributed by atoms with Crippen molar-refractivity contribution < 1.29 is 19.0 Å². The van der Waals surface area contributed by atoms with Crippen LogP contribution in [0.3, 0.4) is 0 Å². The molecule has 0 spiro atoms. The molecule has 0 fully saturated rings. The summed E-state index contributed by atoms with van der Waals surface area (Å²) in [7, 11) is 3.20. The Morgan fingerprint density at radius 2 is 2.21 bits per heavy atom. The van der Waals surface area contributed by atoms with Crippen LogP contribution >= 0.6 is 11.3 Å². The minimum Gasteiger partial charge on any atom is -0.497 e. The molecule has 1 atom stereocenters. The van der Waals surface area contributed by atoms with E-state index < -0.39 is 6.10 Å². The van der Waals surface area contributed by atoms with Gasteiger partial charge in [-0.2, -0.15) is 0 Å². The van der Waals surface area contributed by atoms with Crippen molar-refractivity contribution in [3.63, 3.8) is 0 Å². The second-order valence-corrected chi connectivity index (χ2v) is 5.72. The third-order valence-electron chi connectivity index (χ3n) is 3.25. The van der Waals surface area contributed by atoms with Gasteiger partial charge in [-0.15, -0.1) is 17.9 Å². The van der Waals surface area contributed by atoms with E-state index in [1.54, 1.807) is 27.2 Å². The second kappa shape index (κ2) is 8.47. The molecule has 1 heterocycles. The summed E-state index contributed by atoms with van der Waals surface area (Å²) >= 11 is 1.33. The zero-order chi connectivity index (χ0) is 17.5. The van der Waals surface area contributed by atoms with Gasteiger partial charge in [0, 0.05) is 10.9 Å². The number of hydrogen-bond acceptors (Lipinski definition) is 6. The Hall–Kier alpha value is -2.38. The number of nitrogens with zero attached hydrogens (tertiary/aromatic N) is 1. The molecule has 1 aromatic carbocycles.